The Kier molecular flexibility index (Phi) is 2.79. The molecular formula is C15H26O2. The molecule has 98 valence electrons. The molecule has 4 atom stereocenters. The minimum absolute atomic E-state index is 0.0684. The lowest BCUT2D eigenvalue weighted by molar-refractivity contribution is -0.0563. The van der Waals surface area contributed by atoms with Crippen molar-refractivity contribution in [3.05, 3.63) is 0 Å². The molecule has 1 aliphatic heterocycles. The smallest absolute Gasteiger partial charge is 0.0631 e. The summed E-state index contributed by atoms with van der Waals surface area (Å²) in [5.74, 6) is 1.69. The number of fused-ring (bicyclic) bond motifs is 2. The zero-order valence-electron chi connectivity index (χ0n) is 11.2. The molecule has 2 nitrogen and oxygen atoms in total. The Morgan fingerprint density at radius 1 is 1.24 bits per heavy atom. The van der Waals surface area contributed by atoms with Crippen LogP contribution in [0.1, 0.15) is 58.8 Å². The van der Waals surface area contributed by atoms with Crippen LogP contribution in [0.2, 0.25) is 0 Å². The van der Waals surface area contributed by atoms with Gasteiger partial charge < -0.3 is 9.84 Å². The van der Waals surface area contributed by atoms with E-state index in [4.69, 9.17) is 4.74 Å². The maximum atomic E-state index is 9.87. The molecule has 3 fully saturated rings. The summed E-state index contributed by atoms with van der Waals surface area (Å²) < 4.78 is 6.13. The number of hydrogen-bond acceptors (Lipinski definition) is 2. The SMILES string of the molecule is CC1(C)CCC(CC2(CO)CC3CCC2C3)O1. The first-order valence-corrected chi connectivity index (χ1v) is 7.32. The molecule has 1 heterocycles. The second-order valence-corrected chi connectivity index (χ2v) is 7.34. The lowest BCUT2D eigenvalue weighted by Crippen LogP contribution is -2.36. The highest BCUT2D eigenvalue weighted by Gasteiger charge is 2.52. The molecule has 0 spiro atoms. The topological polar surface area (TPSA) is 29.5 Å². The Labute approximate surface area is 105 Å². The fourth-order valence-electron chi connectivity index (χ4n) is 4.74. The Balaban J connectivity index is 1.67. The van der Waals surface area contributed by atoms with Crippen LogP contribution in [0.5, 0.6) is 0 Å². The van der Waals surface area contributed by atoms with Crippen molar-refractivity contribution in [2.24, 2.45) is 17.3 Å². The molecule has 1 N–H and O–H groups in total. The first kappa shape index (κ1) is 12.0. The van der Waals surface area contributed by atoms with Crippen molar-refractivity contribution in [2.75, 3.05) is 6.61 Å². The maximum absolute atomic E-state index is 9.87. The number of rotatable bonds is 3. The molecular weight excluding hydrogens is 212 g/mol. The van der Waals surface area contributed by atoms with Gasteiger partial charge in [-0.25, -0.2) is 0 Å². The zero-order valence-corrected chi connectivity index (χ0v) is 11.2. The molecule has 2 bridgehead atoms. The predicted molar refractivity (Wildman–Crippen MR) is 67.8 cm³/mol. The van der Waals surface area contributed by atoms with E-state index in [1.807, 2.05) is 0 Å². The number of ether oxygens (including phenoxy) is 1. The minimum atomic E-state index is 0.0684. The van der Waals surface area contributed by atoms with Crippen molar-refractivity contribution < 1.29 is 9.84 Å². The van der Waals surface area contributed by atoms with E-state index in [1.165, 1.54) is 38.5 Å². The molecule has 0 radical (unpaired) electrons. The van der Waals surface area contributed by atoms with Crippen molar-refractivity contribution in [3.8, 4) is 0 Å². The Morgan fingerprint density at radius 2 is 2.06 bits per heavy atom. The fourth-order valence-corrected chi connectivity index (χ4v) is 4.74. The standard InChI is InChI=1S/C15H26O2/c1-14(2)6-5-13(17-14)9-15(10-16)8-11-3-4-12(15)7-11/h11-13,16H,3-10H2,1-2H3. The summed E-state index contributed by atoms with van der Waals surface area (Å²) in [6, 6.07) is 0. The highest BCUT2D eigenvalue weighted by Crippen LogP contribution is 2.58. The monoisotopic (exact) mass is 238 g/mol. The highest BCUT2D eigenvalue weighted by molar-refractivity contribution is 5.02. The lowest BCUT2D eigenvalue weighted by atomic mass is 9.70. The first-order valence-electron chi connectivity index (χ1n) is 7.32. The fraction of sp³-hybridized carbons (Fsp3) is 1.00. The molecule has 4 unspecified atom stereocenters. The van der Waals surface area contributed by atoms with Crippen LogP contribution >= 0.6 is 0 Å². The van der Waals surface area contributed by atoms with Gasteiger partial charge in [-0.2, -0.15) is 0 Å². The molecule has 1 saturated heterocycles. The largest absolute Gasteiger partial charge is 0.396 e. The average Bonchev–Trinajstić information content (AvgIpc) is 2.93. The van der Waals surface area contributed by atoms with Gasteiger partial charge in [0.15, 0.2) is 0 Å². The third-order valence-corrected chi connectivity index (χ3v) is 5.61. The molecule has 0 amide bonds. The molecule has 2 heteroatoms. The molecule has 17 heavy (non-hydrogen) atoms. The van der Waals surface area contributed by atoms with Crippen LogP contribution in [-0.4, -0.2) is 23.4 Å². The summed E-state index contributed by atoms with van der Waals surface area (Å²) in [6.07, 6.45) is 9.25. The average molecular weight is 238 g/mol. The van der Waals surface area contributed by atoms with Crippen LogP contribution in [0.4, 0.5) is 0 Å². The minimum Gasteiger partial charge on any atom is -0.396 e. The van der Waals surface area contributed by atoms with Gasteiger partial charge in [-0.15, -0.1) is 0 Å². The van der Waals surface area contributed by atoms with Crippen LogP contribution in [0.25, 0.3) is 0 Å². The Bertz CT molecular complexity index is 299. The van der Waals surface area contributed by atoms with Gasteiger partial charge in [0.25, 0.3) is 0 Å². The molecule has 3 rings (SSSR count). The molecule has 2 saturated carbocycles. The maximum Gasteiger partial charge on any atom is 0.0631 e. The second-order valence-electron chi connectivity index (χ2n) is 7.34. The molecule has 0 aromatic carbocycles. The van der Waals surface area contributed by atoms with Gasteiger partial charge in [-0.3, -0.25) is 0 Å². The van der Waals surface area contributed by atoms with Crippen LogP contribution in [0.3, 0.4) is 0 Å². The van der Waals surface area contributed by atoms with E-state index in [9.17, 15) is 5.11 Å². The van der Waals surface area contributed by atoms with Crippen molar-refractivity contribution in [1.82, 2.24) is 0 Å². The van der Waals surface area contributed by atoms with E-state index < -0.39 is 0 Å². The second kappa shape index (κ2) is 3.96. The van der Waals surface area contributed by atoms with Gasteiger partial charge >= 0.3 is 0 Å². The summed E-state index contributed by atoms with van der Waals surface area (Å²) in [4.78, 5) is 0. The number of aliphatic hydroxyl groups is 1. The van der Waals surface area contributed by atoms with Gasteiger partial charge in [0.05, 0.1) is 11.7 Å². The molecule has 3 aliphatic rings. The van der Waals surface area contributed by atoms with Gasteiger partial charge in [0.1, 0.15) is 0 Å². The van der Waals surface area contributed by atoms with Crippen molar-refractivity contribution >= 4 is 0 Å². The number of hydrogen-bond donors (Lipinski definition) is 1. The van der Waals surface area contributed by atoms with Crippen LogP contribution in [-0.2, 0) is 4.74 Å². The third-order valence-electron chi connectivity index (χ3n) is 5.61. The molecule has 2 aliphatic carbocycles. The lowest BCUT2D eigenvalue weighted by Gasteiger charge is -2.38. The van der Waals surface area contributed by atoms with E-state index in [2.05, 4.69) is 13.8 Å². The predicted octanol–water partition coefficient (Wildman–Crippen LogP) is 3.13. The van der Waals surface area contributed by atoms with Crippen LogP contribution in [0, 0.1) is 17.3 Å². The van der Waals surface area contributed by atoms with E-state index >= 15 is 0 Å². The quantitative estimate of drug-likeness (QED) is 0.818. The van der Waals surface area contributed by atoms with Gasteiger partial charge in [-0.1, -0.05) is 6.42 Å². The van der Waals surface area contributed by atoms with E-state index in [1.54, 1.807) is 0 Å². The summed E-state index contributed by atoms with van der Waals surface area (Å²) >= 11 is 0. The summed E-state index contributed by atoms with van der Waals surface area (Å²) in [5, 5.41) is 9.87. The van der Waals surface area contributed by atoms with Crippen molar-refractivity contribution in [2.45, 2.75) is 70.5 Å². The Morgan fingerprint density at radius 3 is 2.53 bits per heavy atom. The number of aliphatic hydroxyl groups excluding tert-OH is 1. The molecule has 0 aromatic heterocycles. The van der Waals surface area contributed by atoms with Gasteiger partial charge in [0.2, 0.25) is 0 Å². The van der Waals surface area contributed by atoms with Gasteiger partial charge in [0, 0.05) is 6.61 Å². The first-order chi connectivity index (χ1) is 8.03. The van der Waals surface area contributed by atoms with Crippen LogP contribution in [0.15, 0.2) is 0 Å². The summed E-state index contributed by atoms with van der Waals surface area (Å²) in [5.41, 5.74) is 0.285. The third kappa shape index (κ3) is 2.04. The highest BCUT2D eigenvalue weighted by atomic mass is 16.5. The zero-order chi connectivity index (χ0) is 12.1. The van der Waals surface area contributed by atoms with E-state index in [0.29, 0.717) is 12.7 Å². The summed E-state index contributed by atoms with van der Waals surface area (Å²) in [6.45, 7) is 4.77. The summed E-state index contributed by atoms with van der Waals surface area (Å²) in [7, 11) is 0. The van der Waals surface area contributed by atoms with Crippen LogP contribution < -0.4 is 0 Å². The Hall–Kier alpha value is -0.0800. The van der Waals surface area contributed by atoms with Gasteiger partial charge in [-0.05, 0) is 69.6 Å². The molecule has 0 aromatic rings. The normalized spacial score (nSPS) is 47.8. The van der Waals surface area contributed by atoms with Crippen molar-refractivity contribution in [1.29, 1.82) is 0 Å². The van der Waals surface area contributed by atoms with Crippen molar-refractivity contribution in [3.63, 3.8) is 0 Å². The van der Waals surface area contributed by atoms with E-state index in [0.717, 1.165) is 18.3 Å². The van der Waals surface area contributed by atoms with E-state index in [-0.39, 0.29) is 11.0 Å².